The second kappa shape index (κ2) is 8.56. The molecule has 2 aromatic rings. The number of nitrogens with one attached hydrogen (secondary N) is 2. The zero-order valence-electron chi connectivity index (χ0n) is 14.8. The van der Waals surface area contributed by atoms with E-state index in [1.807, 2.05) is 25.2 Å². The SMILES string of the molecule is CCNC(=NCc1nc2ccccc2n1C)NCC(CC)CC. The number of rotatable bonds is 7. The molecule has 5 heteroatoms. The normalized spacial score (nSPS) is 12.1. The topological polar surface area (TPSA) is 54.2 Å². The molecule has 1 heterocycles. The number of aliphatic imine (C=N–C) groups is 1. The van der Waals surface area contributed by atoms with E-state index in [9.17, 15) is 0 Å². The van der Waals surface area contributed by atoms with E-state index >= 15 is 0 Å². The first kappa shape index (κ1) is 17.3. The second-order valence-electron chi connectivity index (χ2n) is 5.83. The van der Waals surface area contributed by atoms with Gasteiger partial charge in [0.25, 0.3) is 0 Å². The van der Waals surface area contributed by atoms with Crippen molar-refractivity contribution in [2.75, 3.05) is 13.1 Å². The van der Waals surface area contributed by atoms with Crippen molar-refractivity contribution < 1.29 is 0 Å². The van der Waals surface area contributed by atoms with E-state index in [1.165, 1.54) is 12.8 Å². The minimum absolute atomic E-state index is 0.573. The van der Waals surface area contributed by atoms with E-state index in [1.54, 1.807) is 0 Å². The molecule has 0 bridgehead atoms. The predicted molar refractivity (Wildman–Crippen MR) is 97.6 cm³/mol. The first-order valence-electron chi connectivity index (χ1n) is 8.62. The van der Waals surface area contributed by atoms with Crippen LogP contribution in [0, 0.1) is 5.92 Å². The van der Waals surface area contributed by atoms with Gasteiger partial charge >= 0.3 is 0 Å². The van der Waals surface area contributed by atoms with Crippen LogP contribution in [0.5, 0.6) is 0 Å². The molecule has 0 radical (unpaired) electrons. The highest BCUT2D eigenvalue weighted by atomic mass is 15.2. The fourth-order valence-corrected chi connectivity index (χ4v) is 2.65. The van der Waals surface area contributed by atoms with Crippen molar-refractivity contribution in [3.05, 3.63) is 30.1 Å². The summed E-state index contributed by atoms with van der Waals surface area (Å²) in [6, 6.07) is 8.19. The van der Waals surface area contributed by atoms with Crippen molar-refractivity contribution in [3.8, 4) is 0 Å². The van der Waals surface area contributed by atoms with E-state index in [-0.39, 0.29) is 0 Å². The molecule has 0 aliphatic heterocycles. The monoisotopic (exact) mass is 315 g/mol. The minimum Gasteiger partial charge on any atom is -0.357 e. The summed E-state index contributed by atoms with van der Waals surface area (Å²) in [5, 5.41) is 6.76. The average molecular weight is 315 g/mol. The Kier molecular flexibility index (Phi) is 6.44. The number of hydrogen-bond donors (Lipinski definition) is 2. The molecule has 2 rings (SSSR count). The van der Waals surface area contributed by atoms with Gasteiger partial charge in [-0.3, -0.25) is 0 Å². The van der Waals surface area contributed by atoms with E-state index in [2.05, 4.69) is 47.0 Å². The lowest BCUT2D eigenvalue weighted by Gasteiger charge is -2.16. The van der Waals surface area contributed by atoms with Gasteiger partial charge in [0.05, 0.1) is 11.0 Å². The molecule has 1 aromatic heterocycles. The largest absolute Gasteiger partial charge is 0.357 e. The number of hydrogen-bond acceptors (Lipinski definition) is 2. The van der Waals surface area contributed by atoms with E-state index in [0.717, 1.165) is 35.9 Å². The summed E-state index contributed by atoms with van der Waals surface area (Å²) < 4.78 is 2.11. The molecule has 126 valence electrons. The van der Waals surface area contributed by atoms with Crippen molar-refractivity contribution in [1.29, 1.82) is 0 Å². The van der Waals surface area contributed by atoms with Gasteiger partial charge in [0, 0.05) is 20.1 Å². The van der Waals surface area contributed by atoms with Crippen LogP contribution >= 0.6 is 0 Å². The summed E-state index contributed by atoms with van der Waals surface area (Å²) in [4.78, 5) is 9.36. The molecular formula is C18H29N5. The lowest BCUT2D eigenvalue weighted by Crippen LogP contribution is -2.39. The van der Waals surface area contributed by atoms with Gasteiger partial charge in [-0.05, 0) is 25.0 Å². The maximum Gasteiger partial charge on any atom is 0.191 e. The molecule has 2 N–H and O–H groups in total. The van der Waals surface area contributed by atoms with Gasteiger partial charge in [-0.2, -0.15) is 0 Å². The smallest absolute Gasteiger partial charge is 0.191 e. The zero-order chi connectivity index (χ0) is 16.7. The summed E-state index contributed by atoms with van der Waals surface area (Å²) in [6.45, 7) is 8.95. The van der Waals surface area contributed by atoms with E-state index in [4.69, 9.17) is 4.99 Å². The van der Waals surface area contributed by atoms with E-state index < -0.39 is 0 Å². The van der Waals surface area contributed by atoms with Crippen LogP contribution in [0.2, 0.25) is 0 Å². The third-order valence-corrected chi connectivity index (χ3v) is 4.32. The van der Waals surface area contributed by atoms with Gasteiger partial charge in [-0.1, -0.05) is 38.8 Å². The van der Waals surface area contributed by atoms with Gasteiger partial charge < -0.3 is 15.2 Å². The van der Waals surface area contributed by atoms with Crippen molar-refractivity contribution in [3.63, 3.8) is 0 Å². The summed E-state index contributed by atoms with van der Waals surface area (Å²) in [5.41, 5.74) is 2.17. The summed E-state index contributed by atoms with van der Waals surface area (Å²) in [6.07, 6.45) is 2.38. The molecule has 5 nitrogen and oxygen atoms in total. The fourth-order valence-electron chi connectivity index (χ4n) is 2.65. The Balaban J connectivity index is 2.08. The summed E-state index contributed by atoms with van der Waals surface area (Å²) >= 11 is 0. The molecule has 0 aliphatic rings. The van der Waals surface area contributed by atoms with Gasteiger partial charge in [-0.25, -0.2) is 9.98 Å². The van der Waals surface area contributed by atoms with Gasteiger partial charge in [0.15, 0.2) is 5.96 Å². The first-order valence-corrected chi connectivity index (χ1v) is 8.62. The van der Waals surface area contributed by atoms with Crippen molar-refractivity contribution in [2.45, 2.75) is 40.2 Å². The van der Waals surface area contributed by atoms with E-state index in [0.29, 0.717) is 12.5 Å². The Labute approximate surface area is 139 Å². The van der Waals surface area contributed by atoms with Gasteiger partial charge in [0.2, 0.25) is 0 Å². The third kappa shape index (κ3) is 4.47. The number of imidazole rings is 1. The highest BCUT2D eigenvalue weighted by Crippen LogP contribution is 2.14. The summed E-state index contributed by atoms with van der Waals surface area (Å²) in [7, 11) is 2.05. The molecule has 0 atom stereocenters. The number of fused-ring (bicyclic) bond motifs is 1. The number of guanidine groups is 1. The fraction of sp³-hybridized carbons (Fsp3) is 0.556. The molecular weight excluding hydrogens is 286 g/mol. The Bertz CT molecular complexity index is 640. The molecule has 23 heavy (non-hydrogen) atoms. The van der Waals surface area contributed by atoms with Crippen LogP contribution in [0.15, 0.2) is 29.3 Å². The zero-order valence-corrected chi connectivity index (χ0v) is 14.8. The first-order chi connectivity index (χ1) is 11.2. The molecule has 1 aromatic carbocycles. The molecule has 0 saturated heterocycles. The Morgan fingerprint density at radius 3 is 2.57 bits per heavy atom. The van der Waals surface area contributed by atoms with Gasteiger partial charge in [-0.15, -0.1) is 0 Å². The maximum atomic E-state index is 4.69. The Morgan fingerprint density at radius 2 is 1.91 bits per heavy atom. The van der Waals surface area contributed by atoms with Crippen LogP contribution in [0.25, 0.3) is 11.0 Å². The highest BCUT2D eigenvalue weighted by molar-refractivity contribution is 5.80. The Morgan fingerprint density at radius 1 is 1.17 bits per heavy atom. The van der Waals surface area contributed by atoms with Crippen molar-refractivity contribution >= 4 is 17.0 Å². The van der Waals surface area contributed by atoms with Gasteiger partial charge in [0.1, 0.15) is 12.4 Å². The standard InChI is InChI=1S/C18H29N5/c1-5-14(6-2)12-20-18(19-7-3)21-13-17-22-15-10-8-9-11-16(15)23(17)4/h8-11,14H,5-7,12-13H2,1-4H3,(H2,19,20,21). The van der Waals surface area contributed by atoms with Crippen LogP contribution in [0.1, 0.15) is 39.4 Å². The third-order valence-electron chi connectivity index (χ3n) is 4.32. The number of aryl methyl sites for hydroxylation is 1. The second-order valence-corrected chi connectivity index (χ2v) is 5.83. The lowest BCUT2D eigenvalue weighted by molar-refractivity contribution is 0.481. The maximum absolute atomic E-state index is 4.69. The van der Waals surface area contributed by atoms with Crippen LogP contribution in [0.3, 0.4) is 0 Å². The van der Waals surface area contributed by atoms with Crippen LogP contribution in [0.4, 0.5) is 0 Å². The lowest BCUT2D eigenvalue weighted by atomic mass is 10.0. The number of benzene rings is 1. The highest BCUT2D eigenvalue weighted by Gasteiger charge is 2.08. The average Bonchev–Trinajstić information content (AvgIpc) is 2.90. The number of nitrogens with zero attached hydrogens (tertiary/aromatic N) is 3. The summed E-state index contributed by atoms with van der Waals surface area (Å²) in [5.74, 6) is 2.53. The van der Waals surface area contributed by atoms with Crippen molar-refractivity contribution in [1.82, 2.24) is 20.2 Å². The molecule has 0 spiro atoms. The number of aromatic nitrogens is 2. The van der Waals surface area contributed by atoms with Crippen LogP contribution in [-0.4, -0.2) is 28.6 Å². The number of para-hydroxylation sites is 2. The minimum atomic E-state index is 0.573. The molecule has 0 fully saturated rings. The Hall–Kier alpha value is -2.04. The van der Waals surface area contributed by atoms with Crippen molar-refractivity contribution in [2.24, 2.45) is 18.0 Å². The molecule has 0 amide bonds. The van der Waals surface area contributed by atoms with Crippen LogP contribution < -0.4 is 10.6 Å². The quantitative estimate of drug-likeness (QED) is 0.610. The van der Waals surface area contributed by atoms with Crippen LogP contribution in [-0.2, 0) is 13.6 Å². The molecule has 0 unspecified atom stereocenters. The molecule has 0 aliphatic carbocycles. The predicted octanol–water partition coefficient (Wildman–Crippen LogP) is 3.06. The molecule has 0 saturated carbocycles.